The van der Waals surface area contributed by atoms with E-state index in [2.05, 4.69) is 14.9 Å². The zero-order chi connectivity index (χ0) is 18.8. The van der Waals surface area contributed by atoms with Crippen LogP contribution in [-0.2, 0) is 11.3 Å². The summed E-state index contributed by atoms with van der Waals surface area (Å²) in [5.41, 5.74) is 1.62. The molecule has 1 aromatic heterocycles. The number of aromatic nitrogens is 2. The molecule has 0 saturated carbocycles. The van der Waals surface area contributed by atoms with Gasteiger partial charge in [0.25, 0.3) is 5.56 Å². The lowest BCUT2D eigenvalue weighted by Crippen LogP contribution is -2.38. The maximum Gasteiger partial charge on any atom is 0.260 e. The van der Waals surface area contributed by atoms with E-state index < -0.39 is 0 Å². The summed E-state index contributed by atoms with van der Waals surface area (Å²) in [5, 5.41) is 1.70. The predicted molar refractivity (Wildman–Crippen MR) is 109 cm³/mol. The third kappa shape index (κ3) is 4.10. The Labute approximate surface area is 166 Å². The fraction of sp³-hybridized carbons (Fsp3) is 0.300. The third-order valence-corrected chi connectivity index (χ3v) is 5.55. The zero-order valence-electron chi connectivity index (χ0n) is 14.6. The molecule has 0 unspecified atom stereocenters. The second-order valence-electron chi connectivity index (χ2n) is 6.65. The van der Waals surface area contributed by atoms with Gasteiger partial charge in [-0.05, 0) is 42.7 Å². The van der Waals surface area contributed by atoms with Gasteiger partial charge in [-0.25, -0.2) is 4.98 Å². The number of benzene rings is 2. The van der Waals surface area contributed by atoms with E-state index in [1.807, 2.05) is 30.3 Å². The first kappa shape index (κ1) is 18.3. The molecule has 0 atom stereocenters. The van der Waals surface area contributed by atoms with Gasteiger partial charge in [0.2, 0.25) is 5.95 Å². The van der Waals surface area contributed by atoms with Crippen molar-refractivity contribution < 1.29 is 4.74 Å². The van der Waals surface area contributed by atoms with E-state index in [9.17, 15) is 4.79 Å². The molecule has 2 heterocycles. The summed E-state index contributed by atoms with van der Waals surface area (Å²) in [5.74, 6) is 0.627. The van der Waals surface area contributed by atoms with Crippen LogP contribution in [0, 0.1) is 0 Å². The molecule has 1 N–H and O–H groups in total. The van der Waals surface area contributed by atoms with E-state index >= 15 is 0 Å². The Kier molecular flexibility index (Phi) is 5.34. The minimum Gasteiger partial charge on any atom is -0.373 e. The lowest BCUT2D eigenvalue weighted by atomic mass is 10.1. The zero-order valence-corrected chi connectivity index (χ0v) is 16.1. The molecule has 7 heteroatoms. The number of H-pyrrole nitrogens is 1. The highest BCUT2D eigenvalue weighted by atomic mass is 35.5. The fourth-order valence-corrected chi connectivity index (χ4v) is 3.62. The van der Waals surface area contributed by atoms with Crippen LogP contribution in [0.15, 0.2) is 47.3 Å². The summed E-state index contributed by atoms with van der Waals surface area (Å²) in [7, 11) is 0. The number of anilines is 1. The molecule has 0 bridgehead atoms. The van der Waals surface area contributed by atoms with Gasteiger partial charge in [0, 0.05) is 13.1 Å². The molecule has 0 spiro atoms. The van der Waals surface area contributed by atoms with Gasteiger partial charge in [-0.15, -0.1) is 0 Å². The molecular weight excluding hydrogens is 385 g/mol. The molecule has 4 rings (SSSR count). The SMILES string of the molecule is O=c1[nH]c(N2CCC(OCc3ccc(Cl)c(Cl)c3)CC2)nc2ccccc12. The summed E-state index contributed by atoms with van der Waals surface area (Å²) >= 11 is 12.0. The van der Waals surface area contributed by atoms with E-state index in [0.717, 1.165) is 31.5 Å². The standard InChI is InChI=1S/C20H19Cl2N3O2/c21-16-6-5-13(11-17(16)22)12-27-14-7-9-25(10-8-14)20-23-18-4-2-1-3-15(18)19(26)24-20/h1-6,11,14H,7-10,12H2,(H,23,24,26). The van der Waals surface area contributed by atoms with Crippen molar-refractivity contribution in [2.24, 2.45) is 0 Å². The first-order valence-corrected chi connectivity index (χ1v) is 9.65. The average Bonchev–Trinajstić information content (AvgIpc) is 2.69. The molecule has 0 amide bonds. The van der Waals surface area contributed by atoms with Gasteiger partial charge in [-0.1, -0.05) is 41.4 Å². The van der Waals surface area contributed by atoms with Crippen molar-refractivity contribution in [3.8, 4) is 0 Å². The Morgan fingerprint density at radius 2 is 1.89 bits per heavy atom. The van der Waals surface area contributed by atoms with Gasteiger partial charge < -0.3 is 9.64 Å². The highest BCUT2D eigenvalue weighted by Crippen LogP contribution is 2.24. The number of fused-ring (bicyclic) bond motifs is 1. The van der Waals surface area contributed by atoms with Gasteiger partial charge in [0.1, 0.15) is 0 Å². The molecule has 27 heavy (non-hydrogen) atoms. The van der Waals surface area contributed by atoms with E-state index in [-0.39, 0.29) is 11.7 Å². The highest BCUT2D eigenvalue weighted by molar-refractivity contribution is 6.42. The maximum atomic E-state index is 12.3. The van der Waals surface area contributed by atoms with Gasteiger partial charge in [0.05, 0.1) is 33.7 Å². The Balaban J connectivity index is 1.37. The summed E-state index contributed by atoms with van der Waals surface area (Å²) in [6.07, 6.45) is 1.92. The quantitative estimate of drug-likeness (QED) is 0.700. The normalized spacial score (nSPS) is 15.4. The second kappa shape index (κ2) is 7.89. The number of nitrogens with zero attached hydrogens (tertiary/aromatic N) is 2. The number of rotatable bonds is 4. The van der Waals surface area contributed by atoms with Crippen molar-refractivity contribution in [2.45, 2.75) is 25.6 Å². The number of nitrogens with one attached hydrogen (secondary N) is 1. The smallest absolute Gasteiger partial charge is 0.260 e. The molecule has 140 valence electrons. The Morgan fingerprint density at radius 1 is 1.11 bits per heavy atom. The lowest BCUT2D eigenvalue weighted by Gasteiger charge is -2.32. The first-order valence-electron chi connectivity index (χ1n) is 8.90. The molecule has 0 radical (unpaired) electrons. The summed E-state index contributed by atoms with van der Waals surface area (Å²) in [6.45, 7) is 2.08. The fourth-order valence-electron chi connectivity index (χ4n) is 3.30. The number of hydrogen-bond acceptors (Lipinski definition) is 4. The molecule has 2 aromatic carbocycles. The molecule has 1 saturated heterocycles. The largest absolute Gasteiger partial charge is 0.373 e. The van der Waals surface area contributed by atoms with Gasteiger partial charge in [-0.2, -0.15) is 0 Å². The van der Waals surface area contributed by atoms with Crippen LogP contribution in [0.5, 0.6) is 0 Å². The molecule has 1 aliphatic heterocycles. The van der Waals surface area contributed by atoms with Crippen LogP contribution < -0.4 is 10.5 Å². The van der Waals surface area contributed by atoms with Crippen molar-refractivity contribution in [1.29, 1.82) is 0 Å². The first-order chi connectivity index (χ1) is 13.1. The number of aromatic amines is 1. The number of halogens is 2. The summed E-state index contributed by atoms with van der Waals surface area (Å²) in [4.78, 5) is 21.8. The number of piperidine rings is 1. The molecule has 5 nitrogen and oxygen atoms in total. The Hall–Kier alpha value is -2.08. The Morgan fingerprint density at radius 3 is 2.67 bits per heavy atom. The van der Waals surface area contributed by atoms with Crippen LogP contribution in [0.4, 0.5) is 5.95 Å². The van der Waals surface area contributed by atoms with Gasteiger partial charge in [-0.3, -0.25) is 9.78 Å². The number of ether oxygens (including phenoxy) is 1. The summed E-state index contributed by atoms with van der Waals surface area (Å²) in [6, 6.07) is 12.9. The maximum absolute atomic E-state index is 12.3. The van der Waals surface area contributed by atoms with Crippen LogP contribution in [0.3, 0.4) is 0 Å². The third-order valence-electron chi connectivity index (χ3n) is 4.81. The molecule has 1 aliphatic rings. The van der Waals surface area contributed by atoms with E-state index in [1.54, 1.807) is 12.1 Å². The van der Waals surface area contributed by atoms with Crippen molar-refractivity contribution in [1.82, 2.24) is 9.97 Å². The van der Waals surface area contributed by atoms with Gasteiger partial charge in [0.15, 0.2) is 0 Å². The second-order valence-corrected chi connectivity index (χ2v) is 7.47. The molecule has 0 aliphatic carbocycles. The van der Waals surface area contributed by atoms with Crippen LogP contribution in [0.2, 0.25) is 10.0 Å². The van der Waals surface area contributed by atoms with E-state index in [4.69, 9.17) is 27.9 Å². The lowest BCUT2D eigenvalue weighted by molar-refractivity contribution is 0.0250. The monoisotopic (exact) mass is 403 g/mol. The van der Waals surface area contributed by atoms with Crippen molar-refractivity contribution in [3.05, 3.63) is 68.4 Å². The predicted octanol–water partition coefficient (Wildman–Crippen LogP) is 4.42. The molecule has 1 fully saturated rings. The number of hydrogen-bond donors (Lipinski definition) is 1. The van der Waals surface area contributed by atoms with Crippen molar-refractivity contribution >= 4 is 40.1 Å². The van der Waals surface area contributed by atoms with Crippen molar-refractivity contribution in [3.63, 3.8) is 0 Å². The van der Waals surface area contributed by atoms with Crippen LogP contribution in [0.1, 0.15) is 18.4 Å². The van der Waals surface area contributed by atoms with Crippen LogP contribution in [-0.4, -0.2) is 29.2 Å². The average molecular weight is 404 g/mol. The van der Waals surface area contributed by atoms with E-state index in [1.165, 1.54) is 0 Å². The van der Waals surface area contributed by atoms with Crippen LogP contribution in [0.25, 0.3) is 10.9 Å². The van der Waals surface area contributed by atoms with E-state index in [0.29, 0.717) is 33.5 Å². The Bertz CT molecular complexity index is 1010. The topological polar surface area (TPSA) is 58.2 Å². The minimum absolute atomic E-state index is 0.103. The summed E-state index contributed by atoms with van der Waals surface area (Å²) < 4.78 is 6.02. The van der Waals surface area contributed by atoms with Gasteiger partial charge >= 0.3 is 0 Å². The van der Waals surface area contributed by atoms with Crippen molar-refractivity contribution in [2.75, 3.05) is 18.0 Å². The molecule has 3 aromatic rings. The van der Waals surface area contributed by atoms with Crippen LogP contribution >= 0.6 is 23.2 Å². The molecular formula is C20H19Cl2N3O2. The number of para-hydroxylation sites is 1. The minimum atomic E-state index is -0.103. The highest BCUT2D eigenvalue weighted by Gasteiger charge is 2.22.